The van der Waals surface area contributed by atoms with Crippen LogP contribution >= 0.6 is 0 Å². The summed E-state index contributed by atoms with van der Waals surface area (Å²) in [6.07, 6.45) is 0. The zero-order chi connectivity index (χ0) is 3.41. The van der Waals surface area contributed by atoms with Gasteiger partial charge in [-0.1, -0.05) is 0 Å². The van der Waals surface area contributed by atoms with Crippen LogP contribution < -0.4 is 5.73 Å². The van der Waals surface area contributed by atoms with Gasteiger partial charge >= 0.3 is 0 Å². The molecule has 0 saturated carbocycles. The van der Waals surface area contributed by atoms with Crippen molar-refractivity contribution in [3.63, 3.8) is 0 Å². The summed E-state index contributed by atoms with van der Waals surface area (Å²) in [6, 6.07) is 0. The molecule has 0 aliphatic carbocycles. The first-order valence-electron chi connectivity index (χ1n) is 1.26. The van der Waals surface area contributed by atoms with Gasteiger partial charge in [0.05, 0.1) is 0 Å². The molecule has 2 nitrogen and oxygen atoms in total. The van der Waals surface area contributed by atoms with Crippen LogP contribution in [0.3, 0.4) is 0 Å². The van der Waals surface area contributed by atoms with Gasteiger partial charge in [-0.2, -0.15) is 0 Å². The standard InChI is InChI=1S/C2H7N2/c3-1-2-4/h3H,1-2,4H2/q-1. The van der Waals surface area contributed by atoms with E-state index in [1.807, 2.05) is 0 Å². The highest BCUT2D eigenvalue weighted by atomic mass is 14.6. The van der Waals surface area contributed by atoms with Gasteiger partial charge in [-0.25, -0.2) is 0 Å². The van der Waals surface area contributed by atoms with Crippen molar-refractivity contribution in [2.24, 2.45) is 5.73 Å². The van der Waals surface area contributed by atoms with Crippen LogP contribution in [0.1, 0.15) is 0 Å². The molecule has 0 heterocycles. The Labute approximate surface area is 25.8 Å². The van der Waals surface area contributed by atoms with Crippen molar-refractivity contribution in [2.75, 3.05) is 13.1 Å². The number of rotatable bonds is 1. The summed E-state index contributed by atoms with van der Waals surface area (Å²) in [6.45, 7) is 0.833. The molecule has 0 unspecified atom stereocenters. The smallest absolute Gasteiger partial charge is 0.0268 e. The summed E-state index contributed by atoms with van der Waals surface area (Å²) in [4.78, 5) is 0. The average Bonchev–Trinajstić information content (AvgIpc) is 1.37. The number of nitrogens with one attached hydrogen (secondary N) is 1. The second-order valence-electron chi connectivity index (χ2n) is 0.539. The third kappa shape index (κ3) is 1.92. The largest absolute Gasteiger partial charge is 0.676 e. The Morgan fingerprint density at radius 3 is 2.00 bits per heavy atom. The van der Waals surface area contributed by atoms with E-state index < -0.39 is 0 Å². The predicted octanol–water partition coefficient (Wildman–Crippen LogP) is -0.00270. The second-order valence-corrected chi connectivity index (χ2v) is 0.539. The van der Waals surface area contributed by atoms with E-state index in [2.05, 4.69) is 0 Å². The van der Waals surface area contributed by atoms with E-state index in [1.54, 1.807) is 0 Å². The van der Waals surface area contributed by atoms with Crippen molar-refractivity contribution in [3.8, 4) is 0 Å². The van der Waals surface area contributed by atoms with E-state index in [9.17, 15) is 0 Å². The average molecular weight is 59.1 g/mol. The molecule has 0 spiro atoms. The fourth-order valence-corrected chi connectivity index (χ4v) is 0. The van der Waals surface area contributed by atoms with Gasteiger partial charge in [0.2, 0.25) is 0 Å². The molecule has 0 aromatic carbocycles. The summed E-state index contributed by atoms with van der Waals surface area (Å²) >= 11 is 0. The maximum absolute atomic E-state index is 6.33. The Balaban J connectivity index is 1.97. The minimum Gasteiger partial charge on any atom is -0.676 e. The van der Waals surface area contributed by atoms with Gasteiger partial charge in [0, 0.05) is 0 Å². The van der Waals surface area contributed by atoms with Gasteiger partial charge < -0.3 is 11.5 Å². The van der Waals surface area contributed by atoms with Crippen molar-refractivity contribution in [1.29, 1.82) is 0 Å². The molecule has 0 saturated heterocycles. The summed E-state index contributed by atoms with van der Waals surface area (Å²) < 4.78 is 0. The highest BCUT2D eigenvalue weighted by Crippen LogP contribution is 1.45. The maximum atomic E-state index is 6.33. The van der Waals surface area contributed by atoms with Crippen LogP contribution in [0.4, 0.5) is 0 Å². The quantitative estimate of drug-likeness (QED) is 0.454. The highest BCUT2D eigenvalue weighted by molar-refractivity contribution is 4.46. The lowest BCUT2D eigenvalue weighted by molar-refractivity contribution is 1.09. The van der Waals surface area contributed by atoms with Crippen molar-refractivity contribution < 1.29 is 0 Å². The van der Waals surface area contributed by atoms with Crippen LogP contribution in [0.25, 0.3) is 5.73 Å². The van der Waals surface area contributed by atoms with Crippen LogP contribution in [-0.4, -0.2) is 13.1 Å². The van der Waals surface area contributed by atoms with Crippen LogP contribution in [0.5, 0.6) is 0 Å². The minimum absolute atomic E-state index is 0.347. The van der Waals surface area contributed by atoms with Gasteiger partial charge in [-0.15, -0.1) is 6.54 Å². The Bertz CT molecular complexity index is 6.00. The molecular weight excluding hydrogens is 52.0 g/mol. The molecule has 4 heavy (non-hydrogen) atoms. The van der Waals surface area contributed by atoms with Gasteiger partial charge in [-0.05, 0) is 6.54 Å². The van der Waals surface area contributed by atoms with Gasteiger partial charge in [0.15, 0.2) is 0 Å². The molecule has 0 aliphatic heterocycles. The first-order valence-corrected chi connectivity index (χ1v) is 1.26. The minimum atomic E-state index is 0.347. The Kier molecular flexibility index (Phi) is 2.86. The Morgan fingerprint density at radius 2 is 2.00 bits per heavy atom. The molecular formula is C2H7N2-. The molecule has 2 heteroatoms. The summed E-state index contributed by atoms with van der Waals surface area (Å²) in [5, 5.41) is 0. The maximum Gasteiger partial charge on any atom is -0.0268 e. The zero-order valence-corrected chi connectivity index (χ0v) is 2.49. The third-order valence-corrected chi connectivity index (χ3v) is 0.144. The predicted molar refractivity (Wildman–Crippen MR) is 18.2 cm³/mol. The zero-order valence-electron chi connectivity index (χ0n) is 2.49. The van der Waals surface area contributed by atoms with Gasteiger partial charge in [0.25, 0.3) is 0 Å². The Morgan fingerprint density at radius 1 is 1.75 bits per heavy atom. The molecule has 0 amide bonds. The van der Waals surface area contributed by atoms with E-state index in [0.29, 0.717) is 13.1 Å². The number of hydrogen-bond acceptors (Lipinski definition) is 1. The first-order chi connectivity index (χ1) is 1.91. The summed E-state index contributed by atoms with van der Waals surface area (Å²) in [7, 11) is 0. The molecule has 26 valence electrons. The van der Waals surface area contributed by atoms with Crippen LogP contribution in [0.2, 0.25) is 0 Å². The van der Waals surface area contributed by atoms with Gasteiger partial charge in [-0.3, -0.25) is 0 Å². The molecule has 3 N–H and O–H groups in total. The van der Waals surface area contributed by atoms with Crippen molar-refractivity contribution in [1.82, 2.24) is 0 Å². The van der Waals surface area contributed by atoms with E-state index in [1.165, 1.54) is 0 Å². The van der Waals surface area contributed by atoms with Crippen molar-refractivity contribution in [3.05, 3.63) is 5.73 Å². The van der Waals surface area contributed by atoms with Crippen LogP contribution in [-0.2, 0) is 0 Å². The van der Waals surface area contributed by atoms with Crippen LogP contribution in [0, 0.1) is 0 Å². The SMILES string of the molecule is [NH-]CCN. The van der Waals surface area contributed by atoms with E-state index in [0.717, 1.165) is 0 Å². The van der Waals surface area contributed by atoms with Crippen LogP contribution in [0.15, 0.2) is 0 Å². The lowest BCUT2D eigenvalue weighted by Crippen LogP contribution is -1.98. The molecule has 0 fully saturated rings. The summed E-state index contributed by atoms with van der Waals surface area (Å²) in [5.41, 5.74) is 11.2. The lowest BCUT2D eigenvalue weighted by Gasteiger charge is -1.85. The van der Waals surface area contributed by atoms with Crippen molar-refractivity contribution in [2.45, 2.75) is 0 Å². The summed E-state index contributed by atoms with van der Waals surface area (Å²) in [5.74, 6) is 0. The normalized spacial score (nSPS) is 7.50. The molecule has 0 aromatic rings. The second kappa shape index (κ2) is 2.92. The molecule has 0 aromatic heterocycles. The molecule has 0 aliphatic rings. The Hall–Kier alpha value is -0.0800. The third-order valence-electron chi connectivity index (χ3n) is 0.144. The molecule has 0 radical (unpaired) electrons. The number of hydrogen-bond donors (Lipinski definition) is 1. The number of nitrogens with two attached hydrogens (primary N) is 1. The molecule has 0 rings (SSSR count). The lowest BCUT2D eigenvalue weighted by atomic mass is 10.7. The van der Waals surface area contributed by atoms with Crippen molar-refractivity contribution >= 4 is 0 Å². The topological polar surface area (TPSA) is 49.8 Å². The fraction of sp³-hybridized carbons (Fsp3) is 1.00. The molecule has 0 atom stereocenters. The van der Waals surface area contributed by atoms with Gasteiger partial charge in [0.1, 0.15) is 0 Å². The monoisotopic (exact) mass is 59.1 g/mol. The van der Waals surface area contributed by atoms with E-state index in [-0.39, 0.29) is 0 Å². The van der Waals surface area contributed by atoms with E-state index in [4.69, 9.17) is 11.5 Å². The fourth-order valence-electron chi connectivity index (χ4n) is 0. The van der Waals surface area contributed by atoms with E-state index >= 15 is 0 Å². The first kappa shape index (κ1) is 3.92. The highest BCUT2D eigenvalue weighted by Gasteiger charge is 1.44. The molecule has 0 bridgehead atoms.